The lowest BCUT2D eigenvalue weighted by atomic mass is 9.97. The van der Waals surface area contributed by atoms with E-state index in [2.05, 4.69) is 0 Å². The minimum absolute atomic E-state index is 0.510. The van der Waals surface area contributed by atoms with E-state index >= 15 is 0 Å². The molecule has 2 fully saturated rings. The van der Waals surface area contributed by atoms with Gasteiger partial charge >= 0.3 is 0 Å². The third-order valence-corrected chi connectivity index (χ3v) is 4.44. The monoisotopic (exact) mass is 370 g/mol. The van der Waals surface area contributed by atoms with Gasteiger partial charge in [0, 0.05) is 14.2 Å². The Bertz CT molecular complexity index is 406. The van der Waals surface area contributed by atoms with Gasteiger partial charge in [-0.3, -0.25) is 0 Å². The van der Waals surface area contributed by atoms with Gasteiger partial charge < -0.3 is 54.3 Å². The summed E-state index contributed by atoms with van der Waals surface area (Å²) in [6.07, 6.45) is -12.9. The standard InChI is InChI=1S/C14H26O11/c1-21-11-5(3-15)24-14(10(20)7(11)17)25-12-6(4-16)23-13(22-2)9(19)8(12)18/h5-20H,3-4H2,1-2H3/t5?,6?,7?,8?,9?,10?,11-,12-,13-,14+/m1/s1. The third-order valence-electron chi connectivity index (χ3n) is 4.44. The van der Waals surface area contributed by atoms with E-state index < -0.39 is 74.6 Å². The summed E-state index contributed by atoms with van der Waals surface area (Å²) in [5, 5.41) is 59.3. The molecule has 148 valence electrons. The fourth-order valence-electron chi connectivity index (χ4n) is 3.03. The molecule has 0 aromatic rings. The van der Waals surface area contributed by atoms with Crippen molar-refractivity contribution in [1.29, 1.82) is 0 Å². The predicted molar refractivity (Wildman–Crippen MR) is 78.2 cm³/mol. The third kappa shape index (κ3) is 4.12. The molecule has 0 aromatic heterocycles. The number of hydrogen-bond donors (Lipinski definition) is 6. The van der Waals surface area contributed by atoms with Crippen molar-refractivity contribution >= 4 is 0 Å². The Morgan fingerprint density at radius 1 is 0.680 bits per heavy atom. The van der Waals surface area contributed by atoms with Crippen LogP contribution in [0.3, 0.4) is 0 Å². The Morgan fingerprint density at radius 3 is 1.68 bits per heavy atom. The molecule has 6 N–H and O–H groups in total. The van der Waals surface area contributed by atoms with Crippen molar-refractivity contribution in [2.24, 2.45) is 0 Å². The molecule has 0 spiro atoms. The van der Waals surface area contributed by atoms with Crippen molar-refractivity contribution in [2.75, 3.05) is 27.4 Å². The highest BCUT2D eigenvalue weighted by molar-refractivity contribution is 4.94. The van der Waals surface area contributed by atoms with E-state index in [9.17, 15) is 30.6 Å². The molecule has 2 aliphatic heterocycles. The predicted octanol–water partition coefficient (Wildman–Crippen LogP) is -4.09. The van der Waals surface area contributed by atoms with Crippen molar-refractivity contribution in [3.05, 3.63) is 0 Å². The van der Waals surface area contributed by atoms with Crippen LogP contribution in [0.15, 0.2) is 0 Å². The van der Waals surface area contributed by atoms with Gasteiger partial charge in [0.05, 0.1) is 13.2 Å². The van der Waals surface area contributed by atoms with Gasteiger partial charge in [0.1, 0.15) is 48.8 Å². The Labute approximate surface area is 144 Å². The molecule has 0 aromatic carbocycles. The summed E-state index contributed by atoms with van der Waals surface area (Å²) >= 11 is 0. The highest BCUT2D eigenvalue weighted by Crippen LogP contribution is 2.29. The second kappa shape index (κ2) is 8.97. The molecule has 2 heterocycles. The van der Waals surface area contributed by atoms with Gasteiger partial charge in [-0.2, -0.15) is 0 Å². The van der Waals surface area contributed by atoms with Crippen LogP contribution >= 0.6 is 0 Å². The minimum atomic E-state index is -1.56. The lowest BCUT2D eigenvalue weighted by molar-refractivity contribution is -0.358. The topological polar surface area (TPSA) is 168 Å². The van der Waals surface area contributed by atoms with Crippen molar-refractivity contribution in [1.82, 2.24) is 0 Å². The number of methoxy groups -OCH3 is 2. The molecule has 0 amide bonds. The Hall–Kier alpha value is -0.440. The van der Waals surface area contributed by atoms with Crippen molar-refractivity contribution in [2.45, 2.75) is 61.4 Å². The fraction of sp³-hybridized carbons (Fsp3) is 1.00. The molecule has 6 unspecified atom stereocenters. The summed E-state index contributed by atoms with van der Waals surface area (Å²) in [4.78, 5) is 0. The molecule has 2 saturated heterocycles. The van der Waals surface area contributed by atoms with Crippen LogP contribution in [-0.4, -0.2) is 119 Å². The van der Waals surface area contributed by atoms with Crippen molar-refractivity contribution < 1.29 is 54.3 Å². The average Bonchev–Trinajstić information content (AvgIpc) is 2.62. The Morgan fingerprint density at radius 2 is 1.16 bits per heavy atom. The first-order valence-corrected chi connectivity index (χ1v) is 7.85. The molecular formula is C14H26O11. The lowest BCUT2D eigenvalue weighted by Crippen LogP contribution is -2.64. The van der Waals surface area contributed by atoms with Crippen LogP contribution in [0, 0.1) is 0 Å². The van der Waals surface area contributed by atoms with E-state index in [1.54, 1.807) is 0 Å². The van der Waals surface area contributed by atoms with Gasteiger partial charge in [-0.25, -0.2) is 0 Å². The highest BCUT2D eigenvalue weighted by atomic mass is 16.7. The summed E-state index contributed by atoms with van der Waals surface area (Å²) in [7, 11) is 2.55. The van der Waals surface area contributed by atoms with E-state index in [1.165, 1.54) is 14.2 Å². The summed E-state index contributed by atoms with van der Waals surface area (Å²) in [5.41, 5.74) is 0. The molecule has 11 nitrogen and oxygen atoms in total. The summed E-state index contributed by atoms with van der Waals surface area (Å²) in [6.45, 7) is -1.08. The zero-order valence-corrected chi connectivity index (χ0v) is 13.9. The summed E-state index contributed by atoms with van der Waals surface area (Å²) < 4.78 is 26.0. The molecule has 0 saturated carbocycles. The van der Waals surface area contributed by atoms with Crippen LogP contribution in [0.4, 0.5) is 0 Å². The molecular weight excluding hydrogens is 344 g/mol. The van der Waals surface area contributed by atoms with Gasteiger partial charge in [-0.15, -0.1) is 0 Å². The first-order chi connectivity index (χ1) is 11.9. The van der Waals surface area contributed by atoms with Gasteiger partial charge in [-0.05, 0) is 0 Å². The summed E-state index contributed by atoms with van der Waals surface area (Å²) in [5.74, 6) is 0. The molecule has 2 rings (SSSR count). The zero-order chi connectivity index (χ0) is 18.7. The van der Waals surface area contributed by atoms with Crippen LogP contribution < -0.4 is 0 Å². The maximum absolute atomic E-state index is 10.2. The minimum Gasteiger partial charge on any atom is -0.394 e. The van der Waals surface area contributed by atoms with E-state index in [0.29, 0.717) is 0 Å². The highest BCUT2D eigenvalue weighted by Gasteiger charge is 2.50. The van der Waals surface area contributed by atoms with Crippen LogP contribution in [0.1, 0.15) is 0 Å². The maximum Gasteiger partial charge on any atom is 0.187 e. The Kier molecular flexibility index (Phi) is 7.49. The van der Waals surface area contributed by atoms with E-state index in [4.69, 9.17) is 23.7 Å². The molecule has 0 aliphatic carbocycles. The summed E-state index contributed by atoms with van der Waals surface area (Å²) in [6, 6.07) is 0. The van der Waals surface area contributed by atoms with Gasteiger partial charge in [0.25, 0.3) is 0 Å². The molecule has 0 radical (unpaired) electrons. The van der Waals surface area contributed by atoms with E-state index in [0.717, 1.165) is 0 Å². The lowest BCUT2D eigenvalue weighted by Gasteiger charge is -2.46. The second-order valence-corrected chi connectivity index (χ2v) is 5.95. The van der Waals surface area contributed by atoms with Crippen LogP contribution in [0.5, 0.6) is 0 Å². The zero-order valence-electron chi connectivity index (χ0n) is 13.9. The largest absolute Gasteiger partial charge is 0.394 e. The Balaban J connectivity index is 2.13. The number of aliphatic hydroxyl groups excluding tert-OH is 6. The van der Waals surface area contributed by atoms with Crippen molar-refractivity contribution in [3.63, 3.8) is 0 Å². The number of hydrogen-bond acceptors (Lipinski definition) is 11. The van der Waals surface area contributed by atoms with Gasteiger partial charge in [-0.1, -0.05) is 0 Å². The van der Waals surface area contributed by atoms with Crippen LogP contribution in [-0.2, 0) is 23.7 Å². The fourth-order valence-corrected chi connectivity index (χ4v) is 3.03. The maximum atomic E-state index is 10.2. The molecule has 2 aliphatic rings. The second-order valence-electron chi connectivity index (χ2n) is 5.95. The van der Waals surface area contributed by atoms with E-state index in [-0.39, 0.29) is 0 Å². The average molecular weight is 370 g/mol. The van der Waals surface area contributed by atoms with Gasteiger partial charge in [0.2, 0.25) is 0 Å². The molecule has 25 heavy (non-hydrogen) atoms. The van der Waals surface area contributed by atoms with Crippen molar-refractivity contribution in [3.8, 4) is 0 Å². The van der Waals surface area contributed by atoms with Gasteiger partial charge in [0.15, 0.2) is 12.6 Å². The molecule has 0 bridgehead atoms. The first kappa shape index (κ1) is 20.9. The number of ether oxygens (including phenoxy) is 5. The number of aliphatic hydroxyl groups is 6. The molecule has 11 heteroatoms. The van der Waals surface area contributed by atoms with E-state index in [1.807, 2.05) is 0 Å². The first-order valence-electron chi connectivity index (χ1n) is 7.85. The van der Waals surface area contributed by atoms with Crippen LogP contribution in [0.25, 0.3) is 0 Å². The quantitative estimate of drug-likeness (QED) is 0.269. The van der Waals surface area contributed by atoms with Crippen LogP contribution in [0.2, 0.25) is 0 Å². The number of rotatable bonds is 6. The molecule has 10 atom stereocenters. The smallest absolute Gasteiger partial charge is 0.187 e. The SMILES string of the molecule is CO[C@@H]1OC(CO)[C@@H](O[C@@H]2OC(CO)[C@@H](OC)C(O)C2O)C(O)C1O. The normalized spacial score (nSPS) is 48.5.